The van der Waals surface area contributed by atoms with Gasteiger partial charge in [-0.2, -0.15) is 0 Å². The number of aliphatic hydroxyl groups excluding tert-OH is 1. The van der Waals surface area contributed by atoms with E-state index in [-0.39, 0.29) is 12.1 Å². The fraction of sp³-hybridized carbons (Fsp3) is 0.625. The predicted molar refractivity (Wildman–Crippen MR) is 80.7 cm³/mol. The van der Waals surface area contributed by atoms with Crippen molar-refractivity contribution in [1.82, 2.24) is 5.32 Å². The first-order chi connectivity index (χ1) is 9.15. The molecule has 2 N–H and O–H groups in total. The summed E-state index contributed by atoms with van der Waals surface area (Å²) in [6.07, 6.45) is 2.46. The summed E-state index contributed by atoms with van der Waals surface area (Å²) in [5.74, 6) is 0.612. The van der Waals surface area contributed by atoms with Gasteiger partial charge in [0.05, 0.1) is 12.1 Å². The third-order valence-electron chi connectivity index (χ3n) is 4.36. The lowest BCUT2D eigenvalue weighted by molar-refractivity contribution is 0.152. The average molecular weight is 262 g/mol. The molecule has 1 unspecified atom stereocenters. The molecule has 0 spiro atoms. The molecule has 0 aromatic heterocycles. The second kappa shape index (κ2) is 5.93. The SMILES string of the molecule is CCN(CC(CO)(NC)C1CC1)c1cccc(C)c1. The molecule has 0 heterocycles. The van der Waals surface area contributed by atoms with Gasteiger partial charge in [0.2, 0.25) is 0 Å². The Bertz CT molecular complexity index is 411. The van der Waals surface area contributed by atoms with E-state index in [2.05, 4.69) is 48.3 Å². The molecule has 1 aromatic rings. The van der Waals surface area contributed by atoms with Gasteiger partial charge in [0, 0.05) is 18.8 Å². The van der Waals surface area contributed by atoms with Gasteiger partial charge >= 0.3 is 0 Å². The second-order valence-corrected chi connectivity index (χ2v) is 5.69. The molecule has 1 saturated carbocycles. The minimum Gasteiger partial charge on any atom is -0.394 e. The fourth-order valence-electron chi connectivity index (χ4n) is 2.86. The van der Waals surface area contributed by atoms with Crippen molar-refractivity contribution >= 4 is 5.69 Å². The summed E-state index contributed by atoms with van der Waals surface area (Å²) in [5, 5.41) is 13.2. The van der Waals surface area contributed by atoms with Crippen LogP contribution in [0.5, 0.6) is 0 Å². The van der Waals surface area contributed by atoms with Crippen LogP contribution >= 0.6 is 0 Å². The number of anilines is 1. The molecule has 1 aromatic carbocycles. The summed E-state index contributed by atoms with van der Waals surface area (Å²) in [4.78, 5) is 2.36. The topological polar surface area (TPSA) is 35.5 Å². The largest absolute Gasteiger partial charge is 0.394 e. The third kappa shape index (κ3) is 3.10. The van der Waals surface area contributed by atoms with Crippen LogP contribution in [0.25, 0.3) is 0 Å². The Morgan fingerprint density at radius 3 is 2.63 bits per heavy atom. The number of aryl methyl sites for hydroxylation is 1. The number of hydrogen-bond donors (Lipinski definition) is 2. The second-order valence-electron chi connectivity index (χ2n) is 5.69. The first-order valence-electron chi connectivity index (χ1n) is 7.26. The molecule has 3 heteroatoms. The molecule has 0 aliphatic heterocycles. The van der Waals surface area contributed by atoms with E-state index in [1.165, 1.54) is 24.1 Å². The van der Waals surface area contributed by atoms with Gasteiger partial charge in [-0.05, 0) is 57.4 Å². The quantitative estimate of drug-likeness (QED) is 0.790. The number of likely N-dealkylation sites (N-methyl/N-ethyl adjacent to an activating group) is 2. The van der Waals surface area contributed by atoms with E-state index in [4.69, 9.17) is 0 Å². The van der Waals surface area contributed by atoms with Gasteiger partial charge in [0.25, 0.3) is 0 Å². The van der Waals surface area contributed by atoms with E-state index in [0.29, 0.717) is 5.92 Å². The Labute approximate surface area is 116 Å². The highest BCUT2D eigenvalue weighted by molar-refractivity contribution is 5.49. The summed E-state index contributed by atoms with van der Waals surface area (Å²) in [5.41, 5.74) is 2.37. The van der Waals surface area contributed by atoms with Crippen LogP contribution in [0.3, 0.4) is 0 Å². The van der Waals surface area contributed by atoms with Crippen LogP contribution in [-0.4, -0.2) is 37.4 Å². The Kier molecular flexibility index (Phi) is 4.48. The van der Waals surface area contributed by atoms with Crippen molar-refractivity contribution in [2.75, 3.05) is 31.6 Å². The predicted octanol–water partition coefficient (Wildman–Crippen LogP) is 2.18. The Balaban J connectivity index is 2.17. The molecule has 1 fully saturated rings. The molecule has 0 bridgehead atoms. The zero-order valence-corrected chi connectivity index (χ0v) is 12.3. The van der Waals surface area contributed by atoms with Crippen molar-refractivity contribution in [3.05, 3.63) is 29.8 Å². The zero-order chi connectivity index (χ0) is 13.9. The summed E-state index contributed by atoms with van der Waals surface area (Å²) >= 11 is 0. The third-order valence-corrected chi connectivity index (χ3v) is 4.36. The minimum atomic E-state index is -0.153. The van der Waals surface area contributed by atoms with Crippen molar-refractivity contribution in [2.24, 2.45) is 5.92 Å². The molecule has 3 nitrogen and oxygen atoms in total. The van der Waals surface area contributed by atoms with E-state index < -0.39 is 0 Å². The fourth-order valence-corrected chi connectivity index (χ4v) is 2.86. The van der Waals surface area contributed by atoms with Gasteiger partial charge in [0.1, 0.15) is 0 Å². The Hall–Kier alpha value is -1.06. The monoisotopic (exact) mass is 262 g/mol. The van der Waals surface area contributed by atoms with Crippen molar-refractivity contribution < 1.29 is 5.11 Å². The van der Waals surface area contributed by atoms with Crippen LogP contribution in [0.4, 0.5) is 5.69 Å². The highest BCUT2D eigenvalue weighted by Crippen LogP contribution is 2.40. The van der Waals surface area contributed by atoms with Crippen molar-refractivity contribution in [3.8, 4) is 0 Å². The van der Waals surface area contributed by atoms with Crippen LogP contribution in [0.2, 0.25) is 0 Å². The summed E-state index contributed by atoms with van der Waals surface area (Å²) in [7, 11) is 1.97. The van der Waals surface area contributed by atoms with Crippen LogP contribution in [0, 0.1) is 12.8 Å². The summed E-state index contributed by atoms with van der Waals surface area (Å²) < 4.78 is 0. The molecule has 1 aliphatic carbocycles. The molecule has 0 radical (unpaired) electrons. The molecule has 19 heavy (non-hydrogen) atoms. The van der Waals surface area contributed by atoms with Gasteiger partial charge < -0.3 is 15.3 Å². The number of hydrogen-bond acceptors (Lipinski definition) is 3. The summed E-state index contributed by atoms with van der Waals surface area (Å²) in [6.45, 7) is 6.32. The molecule has 0 saturated heterocycles. The number of aliphatic hydroxyl groups is 1. The zero-order valence-electron chi connectivity index (χ0n) is 12.3. The van der Waals surface area contributed by atoms with Gasteiger partial charge in [-0.3, -0.25) is 0 Å². The Morgan fingerprint density at radius 1 is 1.42 bits per heavy atom. The minimum absolute atomic E-state index is 0.153. The van der Waals surface area contributed by atoms with Crippen molar-refractivity contribution in [1.29, 1.82) is 0 Å². The number of nitrogens with one attached hydrogen (secondary N) is 1. The first kappa shape index (κ1) is 14.4. The van der Waals surface area contributed by atoms with E-state index in [1.807, 2.05) is 7.05 Å². The Morgan fingerprint density at radius 2 is 2.16 bits per heavy atom. The van der Waals surface area contributed by atoms with Crippen LogP contribution < -0.4 is 10.2 Å². The maximum Gasteiger partial charge on any atom is 0.0633 e. The molecule has 106 valence electrons. The van der Waals surface area contributed by atoms with Gasteiger partial charge in [0.15, 0.2) is 0 Å². The maximum atomic E-state index is 9.84. The lowest BCUT2D eigenvalue weighted by atomic mass is 9.93. The van der Waals surface area contributed by atoms with E-state index in [0.717, 1.165) is 13.1 Å². The average Bonchev–Trinajstić information content (AvgIpc) is 3.26. The van der Waals surface area contributed by atoms with E-state index in [9.17, 15) is 5.11 Å². The highest BCUT2D eigenvalue weighted by Gasteiger charge is 2.44. The highest BCUT2D eigenvalue weighted by atomic mass is 16.3. The van der Waals surface area contributed by atoms with Crippen molar-refractivity contribution in [2.45, 2.75) is 32.2 Å². The van der Waals surface area contributed by atoms with Crippen LogP contribution in [-0.2, 0) is 0 Å². The normalized spacial score (nSPS) is 18.1. The van der Waals surface area contributed by atoms with Gasteiger partial charge in [-0.15, -0.1) is 0 Å². The van der Waals surface area contributed by atoms with Gasteiger partial charge in [-0.1, -0.05) is 12.1 Å². The molecular weight excluding hydrogens is 236 g/mol. The first-order valence-corrected chi connectivity index (χ1v) is 7.26. The number of rotatable bonds is 7. The molecule has 0 amide bonds. The van der Waals surface area contributed by atoms with E-state index in [1.54, 1.807) is 0 Å². The molecule has 1 atom stereocenters. The lowest BCUT2D eigenvalue weighted by Crippen LogP contribution is -2.56. The van der Waals surface area contributed by atoms with Crippen molar-refractivity contribution in [3.63, 3.8) is 0 Å². The van der Waals surface area contributed by atoms with Crippen LogP contribution in [0.15, 0.2) is 24.3 Å². The summed E-state index contributed by atoms with van der Waals surface area (Å²) in [6, 6.07) is 8.59. The maximum absolute atomic E-state index is 9.84. The van der Waals surface area contributed by atoms with Gasteiger partial charge in [-0.25, -0.2) is 0 Å². The number of benzene rings is 1. The lowest BCUT2D eigenvalue weighted by Gasteiger charge is -2.38. The molecular formula is C16H26N2O. The standard InChI is InChI=1S/C16H26N2O/c1-4-18(15-7-5-6-13(2)10-15)11-16(12-19,17-3)14-8-9-14/h5-7,10,14,17,19H,4,8-9,11-12H2,1-3H3. The molecule has 2 rings (SSSR count). The van der Waals surface area contributed by atoms with Crippen LogP contribution in [0.1, 0.15) is 25.3 Å². The molecule has 1 aliphatic rings. The number of nitrogens with zero attached hydrogens (tertiary/aromatic N) is 1. The van der Waals surface area contributed by atoms with E-state index >= 15 is 0 Å². The smallest absolute Gasteiger partial charge is 0.0633 e.